The largest absolute Gasteiger partial charge is 0.453 e. The quantitative estimate of drug-likeness (QED) is 0.841. The minimum Gasteiger partial charge on any atom is -0.453 e. The van der Waals surface area contributed by atoms with Gasteiger partial charge in [0.05, 0.1) is 13.2 Å². The van der Waals surface area contributed by atoms with E-state index in [1.165, 1.54) is 7.11 Å². The lowest BCUT2D eigenvalue weighted by molar-refractivity contribution is -0.121. The third kappa shape index (κ3) is 4.57. The first-order chi connectivity index (χ1) is 8.67. The molecule has 0 spiro atoms. The zero-order chi connectivity index (χ0) is 13.4. The maximum atomic E-state index is 11.9. The fourth-order valence-corrected chi connectivity index (χ4v) is 1.72. The summed E-state index contributed by atoms with van der Waals surface area (Å²) in [5.41, 5.74) is 1.02. The number of rotatable bonds is 6. The van der Waals surface area contributed by atoms with E-state index in [1.54, 1.807) is 0 Å². The molecule has 0 aromatic heterocycles. The van der Waals surface area contributed by atoms with Crippen LogP contribution in [0.3, 0.4) is 0 Å². The summed E-state index contributed by atoms with van der Waals surface area (Å²) in [6, 6.07) is 9.10. The van der Waals surface area contributed by atoms with E-state index < -0.39 is 12.1 Å². The Morgan fingerprint density at radius 1 is 1.28 bits per heavy atom. The van der Waals surface area contributed by atoms with Gasteiger partial charge in [0.15, 0.2) is 5.78 Å². The predicted molar refractivity (Wildman–Crippen MR) is 69.4 cm³/mol. The number of benzene rings is 1. The maximum Gasteiger partial charge on any atom is 0.407 e. The minimum absolute atomic E-state index is 0.0340. The molecule has 1 atom stereocenters. The monoisotopic (exact) mass is 249 g/mol. The number of carbonyl (C=O) groups is 2. The number of amides is 1. The van der Waals surface area contributed by atoms with Gasteiger partial charge >= 0.3 is 6.09 Å². The summed E-state index contributed by atoms with van der Waals surface area (Å²) in [5.74, 6) is 0.0340. The average Bonchev–Trinajstić information content (AvgIpc) is 2.39. The second kappa shape index (κ2) is 7.48. The number of methoxy groups -OCH3 is 1. The van der Waals surface area contributed by atoms with Crippen molar-refractivity contribution in [3.8, 4) is 0 Å². The van der Waals surface area contributed by atoms with Gasteiger partial charge in [0.25, 0.3) is 0 Å². The summed E-state index contributed by atoms with van der Waals surface area (Å²) in [4.78, 5) is 23.2. The zero-order valence-electron chi connectivity index (χ0n) is 10.8. The number of ether oxygens (including phenoxy) is 1. The molecule has 0 aliphatic carbocycles. The highest BCUT2D eigenvalue weighted by Crippen LogP contribution is 2.06. The van der Waals surface area contributed by atoms with Gasteiger partial charge in [0.2, 0.25) is 0 Å². The molecule has 4 nitrogen and oxygen atoms in total. The Hall–Kier alpha value is -1.84. The van der Waals surface area contributed by atoms with Crippen molar-refractivity contribution in [3.63, 3.8) is 0 Å². The molecule has 1 rings (SSSR count). The normalized spacial score (nSPS) is 11.7. The van der Waals surface area contributed by atoms with Gasteiger partial charge in [-0.3, -0.25) is 4.79 Å². The molecule has 0 saturated heterocycles. The third-order valence-corrected chi connectivity index (χ3v) is 2.65. The molecule has 98 valence electrons. The fraction of sp³-hybridized carbons (Fsp3) is 0.429. The molecule has 0 saturated carbocycles. The molecule has 1 N–H and O–H groups in total. The van der Waals surface area contributed by atoms with Crippen molar-refractivity contribution in [1.29, 1.82) is 0 Å². The van der Waals surface area contributed by atoms with Crippen LogP contribution in [0.4, 0.5) is 4.79 Å². The molecular formula is C14H19NO3. The Morgan fingerprint density at radius 2 is 1.94 bits per heavy atom. The third-order valence-electron chi connectivity index (χ3n) is 2.65. The van der Waals surface area contributed by atoms with Gasteiger partial charge in [-0.15, -0.1) is 0 Å². The van der Waals surface area contributed by atoms with E-state index in [9.17, 15) is 9.59 Å². The molecule has 0 aliphatic heterocycles. The van der Waals surface area contributed by atoms with E-state index in [0.717, 1.165) is 12.0 Å². The maximum absolute atomic E-state index is 11.9. The standard InChI is InChI=1S/C14H19NO3/c1-3-7-13(16)12(15-14(17)18-2)10-11-8-5-4-6-9-11/h4-6,8-9,12H,3,7,10H2,1-2H3,(H,15,17)/t12-/m1/s1. The molecule has 1 amide bonds. The molecule has 0 radical (unpaired) electrons. The van der Waals surface area contributed by atoms with Crippen LogP contribution in [0.2, 0.25) is 0 Å². The van der Waals surface area contributed by atoms with Crippen LogP contribution < -0.4 is 5.32 Å². The molecule has 18 heavy (non-hydrogen) atoms. The van der Waals surface area contributed by atoms with E-state index in [1.807, 2.05) is 37.3 Å². The van der Waals surface area contributed by atoms with Crippen LogP contribution in [0, 0.1) is 0 Å². The minimum atomic E-state index is -0.569. The molecule has 4 heteroatoms. The highest BCUT2D eigenvalue weighted by Gasteiger charge is 2.20. The van der Waals surface area contributed by atoms with E-state index in [-0.39, 0.29) is 5.78 Å². The van der Waals surface area contributed by atoms with Crippen LogP contribution in [-0.4, -0.2) is 25.0 Å². The number of Topliss-reactive ketones (excluding diaryl/α,β-unsaturated/α-hetero) is 1. The molecule has 0 aliphatic rings. The summed E-state index contributed by atoms with van der Waals surface area (Å²) in [6.45, 7) is 1.94. The van der Waals surface area contributed by atoms with Crippen LogP contribution in [0.1, 0.15) is 25.3 Å². The first kappa shape index (κ1) is 14.2. The van der Waals surface area contributed by atoms with Gasteiger partial charge in [-0.2, -0.15) is 0 Å². The second-order valence-corrected chi connectivity index (χ2v) is 4.09. The Bertz CT molecular complexity index is 389. The first-order valence-corrected chi connectivity index (χ1v) is 6.08. The lowest BCUT2D eigenvalue weighted by atomic mass is 10.00. The van der Waals surface area contributed by atoms with Gasteiger partial charge in [-0.25, -0.2) is 4.79 Å². The van der Waals surface area contributed by atoms with Crippen molar-refractivity contribution in [3.05, 3.63) is 35.9 Å². The second-order valence-electron chi connectivity index (χ2n) is 4.09. The highest BCUT2D eigenvalue weighted by molar-refractivity contribution is 5.87. The van der Waals surface area contributed by atoms with Crippen LogP contribution in [0.25, 0.3) is 0 Å². The lowest BCUT2D eigenvalue weighted by Gasteiger charge is -2.16. The molecule has 0 bridgehead atoms. The van der Waals surface area contributed by atoms with Crippen LogP contribution >= 0.6 is 0 Å². The van der Waals surface area contributed by atoms with Gasteiger partial charge in [-0.1, -0.05) is 37.3 Å². The summed E-state index contributed by atoms with van der Waals surface area (Å²) in [7, 11) is 1.29. The van der Waals surface area contributed by atoms with Crippen molar-refractivity contribution in [2.45, 2.75) is 32.2 Å². The molecule has 1 aromatic rings. The summed E-state index contributed by atoms with van der Waals surface area (Å²) >= 11 is 0. The summed E-state index contributed by atoms with van der Waals surface area (Å²) in [6.07, 6.45) is 1.16. The van der Waals surface area contributed by atoms with Gasteiger partial charge in [0.1, 0.15) is 0 Å². The SMILES string of the molecule is CCCC(=O)[C@@H](Cc1ccccc1)NC(=O)OC. The summed E-state index contributed by atoms with van der Waals surface area (Å²) in [5, 5.41) is 2.59. The Morgan fingerprint density at radius 3 is 2.50 bits per heavy atom. The lowest BCUT2D eigenvalue weighted by Crippen LogP contribution is -2.42. The average molecular weight is 249 g/mol. The Balaban J connectivity index is 2.71. The van der Waals surface area contributed by atoms with E-state index in [0.29, 0.717) is 12.8 Å². The van der Waals surface area contributed by atoms with Gasteiger partial charge < -0.3 is 10.1 Å². The van der Waals surface area contributed by atoms with Gasteiger partial charge in [-0.05, 0) is 18.4 Å². The smallest absolute Gasteiger partial charge is 0.407 e. The Labute approximate surface area is 107 Å². The topological polar surface area (TPSA) is 55.4 Å². The van der Waals surface area contributed by atoms with Crippen LogP contribution in [-0.2, 0) is 16.0 Å². The van der Waals surface area contributed by atoms with E-state index in [2.05, 4.69) is 10.1 Å². The van der Waals surface area contributed by atoms with Crippen LogP contribution in [0.5, 0.6) is 0 Å². The predicted octanol–water partition coefficient (Wildman–Crippen LogP) is 2.32. The highest BCUT2D eigenvalue weighted by atomic mass is 16.5. The van der Waals surface area contributed by atoms with Crippen molar-refractivity contribution in [2.75, 3.05) is 7.11 Å². The van der Waals surface area contributed by atoms with Crippen molar-refractivity contribution in [1.82, 2.24) is 5.32 Å². The number of alkyl carbamates (subject to hydrolysis) is 1. The van der Waals surface area contributed by atoms with E-state index in [4.69, 9.17) is 0 Å². The van der Waals surface area contributed by atoms with E-state index >= 15 is 0 Å². The number of hydrogen-bond acceptors (Lipinski definition) is 3. The number of hydrogen-bond donors (Lipinski definition) is 1. The first-order valence-electron chi connectivity index (χ1n) is 6.08. The van der Waals surface area contributed by atoms with Gasteiger partial charge in [0, 0.05) is 6.42 Å². The van der Waals surface area contributed by atoms with Crippen molar-refractivity contribution >= 4 is 11.9 Å². The van der Waals surface area contributed by atoms with Crippen molar-refractivity contribution < 1.29 is 14.3 Å². The Kier molecular flexibility index (Phi) is 5.91. The number of carbonyl (C=O) groups excluding carboxylic acids is 2. The molecular weight excluding hydrogens is 230 g/mol. The van der Waals surface area contributed by atoms with Crippen molar-refractivity contribution in [2.24, 2.45) is 0 Å². The molecule has 0 unspecified atom stereocenters. The number of ketones is 1. The molecule has 0 fully saturated rings. The molecule has 1 aromatic carbocycles. The zero-order valence-corrected chi connectivity index (χ0v) is 10.8. The number of nitrogens with one attached hydrogen (secondary N) is 1. The fourth-order valence-electron chi connectivity index (χ4n) is 1.72. The van der Waals surface area contributed by atoms with Crippen LogP contribution in [0.15, 0.2) is 30.3 Å². The summed E-state index contributed by atoms with van der Waals surface area (Å²) < 4.78 is 4.54. The molecule has 0 heterocycles.